The molecule has 1 aromatic carbocycles. The molecule has 1 atom stereocenters. The number of hydrogen-bond acceptors (Lipinski definition) is 4. The van der Waals surface area contributed by atoms with Crippen LogP contribution in [-0.4, -0.2) is 31.4 Å². The molecule has 102 valence electrons. The zero-order valence-electron chi connectivity index (χ0n) is 11.0. The lowest BCUT2D eigenvalue weighted by Crippen LogP contribution is -2.32. The molecular weight excluding hydrogens is 242 g/mol. The van der Waals surface area contributed by atoms with E-state index < -0.39 is 6.10 Å². The van der Waals surface area contributed by atoms with Gasteiger partial charge in [0, 0.05) is 19.3 Å². The van der Waals surface area contributed by atoms with E-state index in [1.807, 2.05) is 54.4 Å². The van der Waals surface area contributed by atoms with Gasteiger partial charge >= 0.3 is 0 Å². The van der Waals surface area contributed by atoms with Gasteiger partial charge in [-0.1, -0.05) is 18.2 Å². The third-order valence-electron chi connectivity index (χ3n) is 2.82. The quantitative estimate of drug-likeness (QED) is 0.830. The van der Waals surface area contributed by atoms with Crippen LogP contribution in [0.15, 0.2) is 53.1 Å². The summed E-state index contributed by atoms with van der Waals surface area (Å²) in [6.07, 6.45) is 1.08. The molecule has 0 bridgehead atoms. The largest absolute Gasteiger partial charge is 0.467 e. The highest BCUT2D eigenvalue weighted by Gasteiger charge is 2.09. The maximum absolute atomic E-state index is 9.91. The van der Waals surface area contributed by atoms with Crippen LogP contribution in [0.5, 0.6) is 0 Å². The van der Waals surface area contributed by atoms with E-state index >= 15 is 0 Å². The minimum atomic E-state index is -0.528. The number of anilines is 1. The molecular formula is C15H19NO3. The van der Waals surface area contributed by atoms with Crippen molar-refractivity contribution in [2.24, 2.45) is 0 Å². The normalized spacial score (nSPS) is 12.3. The summed E-state index contributed by atoms with van der Waals surface area (Å²) >= 11 is 0. The monoisotopic (exact) mass is 261 g/mol. The fourth-order valence-electron chi connectivity index (χ4n) is 1.85. The Morgan fingerprint density at radius 2 is 2.00 bits per heavy atom. The summed E-state index contributed by atoms with van der Waals surface area (Å²) in [4.78, 5) is 2.00. The van der Waals surface area contributed by atoms with Gasteiger partial charge in [-0.25, -0.2) is 0 Å². The molecule has 19 heavy (non-hydrogen) atoms. The van der Waals surface area contributed by atoms with E-state index in [4.69, 9.17) is 9.15 Å². The Kier molecular flexibility index (Phi) is 5.01. The third-order valence-corrected chi connectivity index (χ3v) is 2.82. The molecule has 1 N–H and O–H groups in total. The van der Waals surface area contributed by atoms with Gasteiger partial charge in [-0.3, -0.25) is 0 Å². The average Bonchev–Trinajstić information content (AvgIpc) is 2.93. The van der Waals surface area contributed by atoms with Gasteiger partial charge in [0.15, 0.2) is 0 Å². The van der Waals surface area contributed by atoms with Crippen molar-refractivity contribution in [1.29, 1.82) is 0 Å². The molecule has 2 aromatic rings. The zero-order valence-corrected chi connectivity index (χ0v) is 11.0. The van der Waals surface area contributed by atoms with E-state index in [2.05, 4.69) is 0 Å². The van der Waals surface area contributed by atoms with Crippen molar-refractivity contribution in [3.05, 3.63) is 54.5 Å². The van der Waals surface area contributed by atoms with Crippen molar-refractivity contribution >= 4 is 5.69 Å². The molecule has 4 nitrogen and oxygen atoms in total. The van der Waals surface area contributed by atoms with Crippen molar-refractivity contribution in [3.63, 3.8) is 0 Å². The summed E-state index contributed by atoms with van der Waals surface area (Å²) in [5.41, 5.74) is 1.08. The van der Waals surface area contributed by atoms with E-state index in [1.165, 1.54) is 0 Å². The summed E-state index contributed by atoms with van der Waals surface area (Å²) < 4.78 is 10.6. The van der Waals surface area contributed by atoms with Crippen LogP contribution in [0.1, 0.15) is 5.76 Å². The minimum absolute atomic E-state index is 0.290. The minimum Gasteiger partial charge on any atom is -0.467 e. The van der Waals surface area contributed by atoms with Crippen molar-refractivity contribution in [1.82, 2.24) is 0 Å². The summed E-state index contributed by atoms with van der Waals surface area (Å²) in [5.74, 6) is 0.767. The number of furan rings is 1. The van der Waals surface area contributed by atoms with Gasteiger partial charge in [-0.15, -0.1) is 0 Å². The Balaban J connectivity index is 1.70. The second kappa shape index (κ2) is 6.97. The number of likely N-dealkylation sites (N-methyl/N-ethyl adjacent to an activating group) is 1. The summed E-state index contributed by atoms with van der Waals surface area (Å²) in [6.45, 7) is 1.21. The zero-order chi connectivity index (χ0) is 13.5. The van der Waals surface area contributed by atoms with Crippen LogP contribution in [0.3, 0.4) is 0 Å². The summed E-state index contributed by atoms with van der Waals surface area (Å²) in [6, 6.07) is 13.6. The van der Waals surface area contributed by atoms with Crippen molar-refractivity contribution < 1.29 is 14.3 Å². The maximum atomic E-state index is 9.91. The van der Waals surface area contributed by atoms with E-state index in [0.29, 0.717) is 13.2 Å². The summed E-state index contributed by atoms with van der Waals surface area (Å²) in [7, 11) is 1.95. The molecule has 0 aliphatic rings. The standard InChI is InChI=1S/C15H19NO3/c1-16(13-6-3-2-4-7-13)10-14(17)11-18-12-15-8-5-9-19-15/h2-9,14,17H,10-12H2,1H3. The predicted molar refractivity (Wildman–Crippen MR) is 74.1 cm³/mol. The van der Waals surface area contributed by atoms with Gasteiger partial charge in [0.25, 0.3) is 0 Å². The topological polar surface area (TPSA) is 45.8 Å². The molecule has 1 aromatic heterocycles. The Morgan fingerprint density at radius 3 is 2.68 bits per heavy atom. The number of para-hydroxylation sites is 1. The van der Waals surface area contributed by atoms with Crippen LogP contribution >= 0.6 is 0 Å². The van der Waals surface area contributed by atoms with Gasteiger partial charge in [0.1, 0.15) is 12.4 Å². The van der Waals surface area contributed by atoms with Gasteiger partial charge < -0.3 is 19.2 Å². The van der Waals surface area contributed by atoms with E-state index in [0.717, 1.165) is 11.4 Å². The number of rotatable bonds is 7. The Morgan fingerprint density at radius 1 is 1.21 bits per heavy atom. The molecule has 4 heteroatoms. The molecule has 0 fully saturated rings. The first-order valence-corrected chi connectivity index (χ1v) is 6.30. The van der Waals surface area contributed by atoms with Crippen LogP contribution in [-0.2, 0) is 11.3 Å². The van der Waals surface area contributed by atoms with Gasteiger partial charge in [0.2, 0.25) is 0 Å². The lowest BCUT2D eigenvalue weighted by atomic mass is 10.2. The van der Waals surface area contributed by atoms with Gasteiger partial charge in [-0.2, -0.15) is 0 Å². The maximum Gasteiger partial charge on any atom is 0.129 e. The van der Waals surface area contributed by atoms with Crippen molar-refractivity contribution in [3.8, 4) is 0 Å². The number of hydrogen-bond donors (Lipinski definition) is 1. The van der Waals surface area contributed by atoms with E-state index in [-0.39, 0.29) is 6.61 Å². The lowest BCUT2D eigenvalue weighted by molar-refractivity contribution is 0.0260. The fourth-order valence-corrected chi connectivity index (χ4v) is 1.85. The van der Waals surface area contributed by atoms with Crippen LogP contribution < -0.4 is 4.90 Å². The molecule has 0 spiro atoms. The molecule has 2 rings (SSSR count). The van der Waals surface area contributed by atoms with Crippen molar-refractivity contribution in [2.75, 3.05) is 25.1 Å². The molecule has 1 unspecified atom stereocenters. The van der Waals surface area contributed by atoms with Crippen LogP contribution in [0.2, 0.25) is 0 Å². The highest BCUT2D eigenvalue weighted by molar-refractivity contribution is 5.45. The van der Waals surface area contributed by atoms with E-state index in [9.17, 15) is 5.11 Å². The lowest BCUT2D eigenvalue weighted by Gasteiger charge is -2.22. The number of nitrogens with zero attached hydrogens (tertiary/aromatic N) is 1. The first-order chi connectivity index (χ1) is 9.25. The predicted octanol–water partition coefficient (Wildman–Crippen LogP) is 2.29. The fraction of sp³-hybridized carbons (Fsp3) is 0.333. The SMILES string of the molecule is CN(CC(O)COCc1ccco1)c1ccccc1. The number of benzene rings is 1. The Hall–Kier alpha value is -1.78. The van der Waals surface area contributed by atoms with E-state index in [1.54, 1.807) is 6.26 Å². The van der Waals surface area contributed by atoms with Crippen LogP contribution in [0.25, 0.3) is 0 Å². The highest BCUT2D eigenvalue weighted by Crippen LogP contribution is 2.11. The molecule has 0 saturated carbocycles. The molecule has 0 aliphatic heterocycles. The van der Waals surface area contributed by atoms with Gasteiger partial charge in [0.05, 0.1) is 19.0 Å². The molecule has 1 heterocycles. The molecule has 0 aliphatic carbocycles. The van der Waals surface area contributed by atoms with Gasteiger partial charge in [-0.05, 0) is 24.3 Å². The second-order valence-corrected chi connectivity index (χ2v) is 4.46. The smallest absolute Gasteiger partial charge is 0.129 e. The molecule has 0 amide bonds. The number of aliphatic hydroxyl groups excluding tert-OH is 1. The van der Waals surface area contributed by atoms with Crippen LogP contribution in [0, 0.1) is 0 Å². The highest BCUT2D eigenvalue weighted by atomic mass is 16.5. The average molecular weight is 261 g/mol. The summed E-state index contributed by atoms with van der Waals surface area (Å²) in [5, 5.41) is 9.91. The Bertz CT molecular complexity index is 456. The number of aliphatic hydroxyl groups is 1. The Labute approximate surface area is 113 Å². The van der Waals surface area contributed by atoms with Crippen LogP contribution in [0.4, 0.5) is 5.69 Å². The first kappa shape index (κ1) is 13.6. The van der Waals surface area contributed by atoms with Crippen molar-refractivity contribution in [2.45, 2.75) is 12.7 Å². The number of ether oxygens (including phenoxy) is 1. The second-order valence-electron chi connectivity index (χ2n) is 4.46. The third kappa shape index (κ3) is 4.43. The molecule has 0 radical (unpaired) electrons. The molecule has 0 saturated heterocycles. The first-order valence-electron chi connectivity index (χ1n) is 6.30.